The number of unbranched alkanes of at least 4 members (excludes halogenated alkanes) is 1. The number of aryl methyl sites for hydroxylation is 1. The lowest BCUT2D eigenvalue weighted by Gasteiger charge is -2.26. The van der Waals surface area contributed by atoms with Crippen LogP contribution in [-0.4, -0.2) is 22.9 Å². The van der Waals surface area contributed by atoms with Crippen molar-refractivity contribution in [3.05, 3.63) is 35.4 Å². The molecule has 0 heterocycles. The quantitative estimate of drug-likeness (QED) is 0.831. The van der Waals surface area contributed by atoms with Crippen LogP contribution in [0.3, 0.4) is 0 Å². The first-order chi connectivity index (χ1) is 9.61. The molecule has 1 aliphatic carbocycles. The maximum atomic E-state index is 12.5. The van der Waals surface area contributed by atoms with E-state index < -0.39 is 0 Å². The smallest absolute Gasteiger partial charge is 0.240 e. The second-order valence-electron chi connectivity index (χ2n) is 5.94. The van der Waals surface area contributed by atoms with E-state index in [2.05, 4.69) is 38.1 Å². The second-order valence-corrected chi connectivity index (χ2v) is 5.94. The molecule has 1 amide bonds. The van der Waals surface area contributed by atoms with Gasteiger partial charge in [-0.3, -0.25) is 4.79 Å². The van der Waals surface area contributed by atoms with Crippen LogP contribution >= 0.6 is 0 Å². The third-order valence-corrected chi connectivity index (χ3v) is 3.89. The van der Waals surface area contributed by atoms with Gasteiger partial charge in [-0.25, -0.2) is 0 Å². The van der Waals surface area contributed by atoms with E-state index in [1.54, 1.807) is 0 Å². The average Bonchev–Trinajstić information content (AvgIpc) is 3.26. The molecular formula is C17H26N2O. The van der Waals surface area contributed by atoms with Crippen LogP contribution in [0.2, 0.25) is 0 Å². The standard InChI is InChI=1S/C17H26N2O/c1-3-4-8-16(18)17(20)19(15-9-10-15)12-14-7-5-6-13(2)11-14/h5-7,11,15-16H,3-4,8-10,12,18H2,1-2H3. The van der Waals surface area contributed by atoms with E-state index in [0.717, 1.165) is 32.1 Å². The van der Waals surface area contributed by atoms with E-state index in [4.69, 9.17) is 5.73 Å². The molecule has 1 aromatic carbocycles. The molecule has 1 aromatic rings. The van der Waals surface area contributed by atoms with Crippen LogP contribution in [0.15, 0.2) is 24.3 Å². The minimum atomic E-state index is -0.333. The maximum absolute atomic E-state index is 12.5. The molecule has 0 bridgehead atoms. The highest BCUT2D eigenvalue weighted by atomic mass is 16.2. The number of rotatable bonds is 7. The Morgan fingerprint density at radius 3 is 2.80 bits per heavy atom. The summed E-state index contributed by atoms with van der Waals surface area (Å²) in [7, 11) is 0. The summed E-state index contributed by atoms with van der Waals surface area (Å²) in [5.41, 5.74) is 8.50. The molecule has 1 saturated carbocycles. The fraction of sp³-hybridized carbons (Fsp3) is 0.588. The van der Waals surface area contributed by atoms with Gasteiger partial charge in [-0.1, -0.05) is 49.6 Å². The van der Waals surface area contributed by atoms with Crippen molar-refractivity contribution in [2.75, 3.05) is 0 Å². The number of hydrogen-bond acceptors (Lipinski definition) is 2. The molecule has 0 aliphatic heterocycles. The van der Waals surface area contributed by atoms with Crippen LogP contribution in [0.5, 0.6) is 0 Å². The molecule has 0 radical (unpaired) electrons. The first-order valence-electron chi connectivity index (χ1n) is 7.73. The van der Waals surface area contributed by atoms with Crippen LogP contribution < -0.4 is 5.73 Å². The van der Waals surface area contributed by atoms with Crippen molar-refractivity contribution < 1.29 is 4.79 Å². The molecule has 2 N–H and O–H groups in total. The Morgan fingerprint density at radius 2 is 2.20 bits per heavy atom. The zero-order valence-corrected chi connectivity index (χ0v) is 12.6. The summed E-state index contributed by atoms with van der Waals surface area (Å²) in [4.78, 5) is 14.5. The number of amides is 1. The molecular weight excluding hydrogens is 248 g/mol. The lowest BCUT2D eigenvalue weighted by molar-refractivity contribution is -0.134. The van der Waals surface area contributed by atoms with E-state index in [1.165, 1.54) is 11.1 Å². The van der Waals surface area contributed by atoms with Crippen molar-refractivity contribution >= 4 is 5.91 Å². The highest BCUT2D eigenvalue weighted by Gasteiger charge is 2.34. The molecule has 1 unspecified atom stereocenters. The summed E-state index contributed by atoms with van der Waals surface area (Å²) < 4.78 is 0. The van der Waals surface area contributed by atoms with Crippen molar-refractivity contribution in [3.63, 3.8) is 0 Å². The predicted molar refractivity (Wildman–Crippen MR) is 82.3 cm³/mol. The first-order valence-corrected chi connectivity index (χ1v) is 7.73. The van der Waals surface area contributed by atoms with E-state index >= 15 is 0 Å². The third-order valence-electron chi connectivity index (χ3n) is 3.89. The Kier molecular flexibility index (Phi) is 5.18. The van der Waals surface area contributed by atoms with Gasteiger partial charge in [0.15, 0.2) is 0 Å². The molecule has 110 valence electrons. The fourth-order valence-corrected chi connectivity index (χ4v) is 2.54. The zero-order valence-electron chi connectivity index (χ0n) is 12.6. The molecule has 0 aromatic heterocycles. The Bertz CT molecular complexity index is 454. The number of carbonyl (C=O) groups is 1. The largest absolute Gasteiger partial charge is 0.334 e. The van der Waals surface area contributed by atoms with Gasteiger partial charge >= 0.3 is 0 Å². The maximum Gasteiger partial charge on any atom is 0.240 e. The fourth-order valence-electron chi connectivity index (χ4n) is 2.54. The second kappa shape index (κ2) is 6.89. The SMILES string of the molecule is CCCCC(N)C(=O)N(Cc1cccc(C)c1)C1CC1. The number of carbonyl (C=O) groups excluding carboxylic acids is 1. The van der Waals surface area contributed by atoms with Crippen molar-refractivity contribution in [2.45, 2.75) is 64.6 Å². The number of nitrogens with zero attached hydrogens (tertiary/aromatic N) is 1. The summed E-state index contributed by atoms with van der Waals surface area (Å²) in [6, 6.07) is 8.46. The monoisotopic (exact) mass is 274 g/mol. The zero-order chi connectivity index (χ0) is 14.5. The summed E-state index contributed by atoms with van der Waals surface area (Å²) in [5.74, 6) is 0.127. The van der Waals surface area contributed by atoms with Crippen LogP contribution in [-0.2, 0) is 11.3 Å². The Morgan fingerprint density at radius 1 is 1.45 bits per heavy atom. The summed E-state index contributed by atoms with van der Waals surface area (Å²) in [6.45, 7) is 4.91. The van der Waals surface area contributed by atoms with E-state index in [0.29, 0.717) is 12.6 Å². The molecule has 1 aliphatic rings. The van der Waals surface area contributed by atoms with Crippen molar-refractivity contribution in [1.82, 2.24) is 4.90 Å². The molecule has 20 heavy (non-hydrogen) atoms. The lowest BCUT2D eigenvalue weighted by atomic mass is 10.1. The Balaban J connectivity index is 2.01. The van der Waals surface area contributed by atoms with Gasteiger partial charge in [0.1, 0.15) is 0 Å². The first kappa shape index (κ1) is 15.0. The number of hydrogen-bond donors (Lipinski definition) is 1. The molecule has 1 fully saturated rings. The van der Waals surface area contributed by atoms with Crippen LogP contribution in [0, 0.1) is 6.92 Å². The van der Waals surface area contributed by atoms with Crippen LogP contribution in [0.4, 0.5) is 0 Å². The summed E-state index contributed by atoms with van der Waals surface area (Å²) in [5, 5.41) is 0. The molecule has 2 rings (SSSR count). The van der Waals surface area contributed by atoms with Crippen LogP contribution in [0.1, 0.15) is 50.2 Å². The third kappa shape index (κ3) is 4.07. The Labute approximate surface area is 122 Å². The van der Waals surface area contributed by atoms with Crippen molar-refractivity contribution in [2.24, 2.45) is 5.73 Å². The van der Waals surface area contributed by atoms with Gasteiger partial charge < -0.3 is 10.6 Å². The van der Waals surface area contributed by atoms with Gasteiger partial charge in [0.2, 0.25) is 5.91 Å². The highest BCUT2D eigenvalue weighted by Crippen LogP contribution is 2.29. The number of nitrogens with two attached hydrogens (primary N) is 1. The van der Waals surface area contributed by atoms with Gasteiger partial charge in [0.25, 0.3) is 0 Å². The summed E-state index contributed by atoms with van der Waals surface area (Å²) in [6.07, 6.45) is 5.15. The summed E-state index contributed by atoms with van der Waals surface area (Å²) >= 11 is 0. The molecule has 3 heteroatoms. The van der Waals surface area contributed by atoms with Gasteiger partial charge in [0.05, 0.1) is 6.04 Å². The molecule has 0 saturated heterocycles. The normalized spacial score (nSPS) is 15.9. The predicted octanol–water partition coefficient (Wildman–Crippen LogP) is 3.00. The van der Waals surface area contributed by atoms with E-state index in [9.17, 15) is 4.79 Å². The van der Waals surface area contributed by atoms with Gasteiger partial charge in [-0.05, 0) is 31.7 Å². The minimum Gasteiger partial charge on any atom is -0.334 e. The van der Waals surface area contributed by atoms with Crippen molar-refractivity contribution in [1.29, 1.82) is 0 Å². The van der Waals surface area contributed by atoms with Crippen molar-refractivity contribution in [3.8, 4) is 0 Å². The van der Waals surface area contributed by atoms with Gasteiger partial charge in [-0.15, -0.1) is 0 Å². The number of benzene rings is 1. The van der Waals surface area contributed by atoms with Gasteiger partial charge in [-0.2, -0.15) is 0 Å². The topological polar surface area (TPSA) is 46.3 Å². The van der Waals surface area contributed by atoms with E-state index in [1.807, 2.05) is 4.90 Å². The van der Waals surface area contributed by atoms with Gasteiger partial charge in [0, 0.05) is 12.6 Å². The Hall–Kier alpha value is -1.35. The minimum absolute atomic E-state index is 0.127. The molecule has 1 atom stereocenters. The van der Waals surface area contributed by atoms with E-state index in [-0.39, 0.29) is 11.9 Å². The average molecular weight is 274 g/mol. The lowest BCUT2D eigenvalue weighted by Crippen LogP contribution is -2.44. The van der Waals surface area contributed by atoms with Crippen LogP contribution in [0.25, 0.3) is 0 Å². The molecule has 0 spiro atoms. The highest BCUT2D eigenvalue weighted by molar-refractivity contribution is 5.82. The molecule has 3 nitrogen and oxygen atoms in total.